The fourth-order valence-electron chi connectivity index (χ4n) is 3.02. The van der Waals surface area contributed by atoms with Crippen LogP contribution in [0.3, 0.4) is 0 Å². The second-order valence-corrected chi connectivity index (χ2v) is 7.49. The summed E-state index contributed by atoms with van der Waals surface area (Å²) < 4.78 is 17.3. The first-order valence-electron chi connectivity index (χ1n) is 9.34. The van der Waals surface area contributed by atoms with Gasteiger partial charge in [-0.25, -0.2) is 4.68 Å². The first kappa shape index (κ1) is 20.5. The Morgan fingerprint density at radius 2 is 1.71 bits per heavy atom. The standard InChI is InChI=1S/C23H19N3O4S/c1-28-17-9-12-21(22(13-17)29-2)26-14-20(24-25-26)19-5-3-4-6-23(19)31-18-10-7-16(8-11-18)30-15-27/h3-15H,1-2H3. The van der Waals surface area contributed by atoms with Gasteiger partial charge >= 0.3 is 0 Å². The average Bonchev–Trinajstić information content (AvgIpc) is 3.30. The molecule has 0 aliphatic carbocycles. The molecular weight excluding hydrogens is 414 g/mol. The summed E-state index contributed by atoms with van der Waals surface area (Å²) in [5.74, 6) is 1.84. The molecule has 156 valence electrons. The number of rotatable bonds is 8. The summed E-state index contributed by atoms with van der Waals surface area (Å²) in [6, 6.07) is 20.8. The van der Waals surface area contributed by atoms with E-state index in [4.69, 9.17) is 14.2 Å². The fourth-order valence-corrected chi connectivity index (χ4v) is 3.97. The van der Waals surface area contributed by atoms with Crippen LogP contribution in [0.1, 0.15) is 0 Å². The molecule has 0 aliphatic heterocycles. The number of carbonyl (C=O) groups is 1. The number of ether oxygens (including phenoxy) is 3. The zero-order valence-corrected chi connectivity index (χ0v) is 17.7. The Labute approximate surface area is 183 Å². The lowest BCUT2D eigenvalue weighted by atomic mass is 10.2. The number of carbonyl (C=O) groups excluding carboxylic acids is 1. The molecule has 8 heteroatoms. The minimum absolute atomic E-state index is 0.415. The Kier molecular flexibility index (Phi) is 6.18. The number of benzene rings is 3. The van der Waals surface area contributed by atoms with Gasteiger partial charge in [0.1, 0.15) is 28.6 Å². The number of hydrogen-bond donors (Lipinski definition) is 0. The van der Waals surface area contributed by atoms with Crippen molar-refractivity contribution in [1.29, 1.82) is 0 Å². The van der Waals surface area contributed by atoms with Crippen molar-refractivity contribution in [3.63, 3.8) is 0 Å². The number of hydrogen-bond acceptors (Lipinski definition) is 7. The van der Waals surface area contributed by atoms with E-state index in [2.05, 4.69) is 10.3 Å². The molecule has 0 fully saturated rings. The van der Waals surface area contributed by atoms with E-state index in [-0.39, 0.29) is 0 Å². The molecule has 0 N–H and O–H groups in total. The smallest absolute Gasteiger partial charge is 0.298 e. The molecule has 0 saturated carbocycles. The fraction of sp³-hybridized carbons (Fsp3) is 0.0870. The lowest BCUT2D eigenvalue weighted by Gasteiger charge is -2.09. The average molecular weight is 433 g/mol. The lowest BCUT2D eigenvalue weighted by molar-refractivity contribution is -0.120. The zero-order valence-electron chi connectivity index (χ0n) is 16.9. The second-order valence-electron chi connectivity index (χ2n) is 6.37. The van der Waals surface area contributed by atoms with Crippen LogP contribution >= 0.6 is 11.8 Å². The number of aromatic nitrogens is 3. The Bertz CT molecular complexity index is 1190. The molecular formula is C23H19N3O4S. The van der Waals surface area contributed by atoms with Crippen LogP contribution < -0.4 is 14.2 Å². The van der Waals surface area contributed by atoms with E-state index in [1.165, 1.54) is 0 Å². The molecule has 0 bridgehead atoms. The second kappa shape index (κ2) is 9.36. The van der Waals surface area contributed by atoms with Crippen molar-refractivity contribution in [3.8, 4) is 34.2 Å². The molecule has 0 unspecified atom stereocenters. The van der Waals surface area contributed by atoms with E-state index in [9.17, 15) is 4.79 Å². The largest absolute Gasteiger partial charge is 0.497 e. The topological polar surface area (TPSA) is 75.5 Å². The van der Waals surface area contributed by atoms with Crippen molar-refractivity contribution < 1.29 is 19.0 Å². The SMILES string of the molecule is COc1ccc(-n2cc(-c3ccccc3Sc3ccc(OC=O)cc3)nn2)c(OC)c1. The summed E-state index contributed by atoms with van der Waals surface area (Å²) in [5, 5.41) is 8.67. The minimum atomic E-state index is 0.415. The van der Waals surface area contributed by atoms with Gasteiger partial charge in [0.05, 0.1) is 20.4 Å². The van der Waals surface area contributed by atoms with Crippen LogP contribution in [-0.2, 0) is 4.79 Å². The van der Waals surface area contributed by atoms with E-state index >= 15 is 0 Å². The Balaban J connectivity index is 1.63. The predicted molar refractivity (Wildman–Crippen MR) is 117 cm³/mol. The van der Waals surface area contributed by atoms with E-state index < -0.39 is 0 Å². The van der Waals surface area contributed by atoms with Gasteiger partial charge in [0.15, 0.2) is 0 Å². The highest BCUT2D eigenvalue weighted by atomic mass is 32.2. The number of methoxy groups -OCH3 is 2. The van der Waals surface area contributed by atoms with Gasteiger partial charge in [-0.2, -0.15) is 0 Å². The summed E-state index contributed by atoms with van der Waals surface area (Å²) in [6.45, 7) is 0.415. The quantitative estimate of drug-likeness (QED) is 0.375. The third-order valence-corrected chi connectivity index (χ3v) is 5.61. The molecule has 0 atom stereocenters. The number of nitrogens with zero attached hydrogens (tertiary/aromatic N) is 3. The highest BCUT2D eigenvalue weighted by Gasteiger charge is 2.14. The molecule has 7 nitrogen and oxygen atoms in total. The van der Waals surface area contributed by atoms with E-state index in [0.717, 1.165) is 26.7 Å². The molecule has 0 spiro atoms. The maximum Gasteiger partial charge on any atom is 0.298 e. The van der Waals surface area contributed by atoms with Crippen LogP contribution in [-0.4, -0.2) is 35.7 Å². The predicted octanol–water partition coefficient (Wildman–Crippen LogP) is 4.64. The van der Waals surface area contributed by atoms with Crippen molar-refractivity contribution in [2.45, 2.75) is 9.79 Å². The van der Waals surface area contributed by atoms with Crippen molar-refractivity contribution in [1.82, 2.24) is 15.0 Å². The van der Waals surface area contributed by atoms with Gasteiger partial charge < -0.3 is 14.2 Å². The third kappa shape index (κ3) is 4.54. The van der Waals surface area contributed by atoms with Crippen molar-refractivity contribution >= 4 is 18.2 Å². The summed E-state index contributed by atoms with van der Waals surface area (Å²) >= 11 is 1.59. The van der Waals surface area contributed by atoms with Crippen molar-refractivity contribution in [2.24, 2.45) is 0 Å². The van der Waals surface area contributed by atoms with E-state index in [0.29, 0.717) is 23.7 Å². The molecule has 4 aromatic rings. The lowest BCUT2D eigenvalue weighted by Crippen LogP contribution is -1.99. The van der Waals surface area contributed by atoms with Crippen LogP contribution in [0.15, 0.2) is 82.7 Å². The molecule has 31 heavy (non-hydrogen) atoms. The summed E-state index contributed by atoms with van der Waals surface area (Å²) in [6.07, 6.45) is 1.87. The highest BCUT2D eigenvalue weighted by Crippen LogP contribution is 2.36. The molecule has 0 aliphatic rings. The van der Waals surface area contributed by atoms with E-state index in [1.807, 2.05) is 54.7 Å². The minimum Gasteiger partial charge on any atom is -0.497 e. The van der Waals surface area contributed by atoms with Gasteiger partial charge in [0.25, 0.3) is 6.47 Å². The maximum atomic E-state index is 10.5. The molecule has 0 radical (unpaired) electrons. The highest BCUT2D eigenvalue weighted by molar-refractivity contribution is 7.99. The van der Waals surface area contributed by atoms with Crippen LogP contribution in [0, 0.1) is 0 Å². The summed E-state index contributed by atoms with van der Waals surface area (Å²) in [7, 11) is 3.22. The molecule has 3 aromatic carbocycles. The Hall–Kier alpha value is -3.78. The molecule has 1 aromatic heterocycles. The molecule has 0 amide bonds. The first-order valence-corrected chi connectivity index (χ1v) is 10.2. The molecule has 0 saturated heterocycles. The van der Waals surface area contributed by atoms with Gasteiger partial charge in [-0.3, -0.25) is 4.79 Å². The van der Waals surface area contributed by atoms with Gasteiger partial charge in [-0.05, 0) is 42.5 Å². The molecule has 4 rings (SSSR count). The first-order chi connectivity index (χ1) is 15.2. The van der Waals surface area contributed by atoms with Gasteiger partial charge in [0, 0.05) is 21.4 Å². The Morgan fingerprint density at radius 1 is 0.935 bits per heavy atom. The van der Waals surface area contributed by atoms with Crippen LogP contribution in [0.2, 0.25) is 0 Å². The summed E-state index contributed by atoms with van der Waals surface area (Å²) in [5.41, 5.74) is 2.46. The van der Waals surface area contributed by atoms with Crippen molar-refractivity contribution in [3.05, 3.63) is 72.9 Å². The van der Waals surface area contributed by atoms with Gasteiger partial charge in [-0.15, -0.1) is 5.10 Å². The van der Waals surface area contributed by atoms with Gasteiger partial charge in [0.2, 0.25) is 0 Å². The molecule has 1 heterocycles. The summed E-state index contributed by atoms with van der Waals surface area (Å²) in [4.78, 5) is 12.5. The zero-order chi connectivity index (χ0) is 21.6. The van der Waals surface area contributed by atoms with Crippen molar-refractivity contribution in [2.75, 3.05) is 14.2 Å². The Morgan fingerprint density at radius 3 is 2.45 bits per heavy atom. The third-order valence-electron chi connectivity index (χ3n) is 4.53. The van der Waals surface area contributed by atoms with Crippen LogP contribution in [0.25, 0.3) is 16.9 Å². The normalized spacial score (nSPS) is 10.5. The van der Waals surface area contributed by atoms with E-state index in [1.54, 1.807) is 48.9 Å². The van der Waals surface area contributed by atoms with Crippen LogP contribution in [0.4, 0.5) is 0 Å². The maximum absolute atomic E-state index is 10.5. The monoisotopic (exact) mass is 433 g/mol. The van der Waals surface area contributed by atoms with Crippen LogP contribution in [0.5, 0.6) is 17.2 Å². The van der Waals surface area contributed by atoms with Gasteiger partial charge in [-0.1, -0.05) is 35.2 Å².